The number of hydrogen-bond donors (Lipinski definition) is 1. The molecule has 5 heteroatoms. The maximum atomic E-state index is 13.0. The zero-order chi connectivity index (χ0) is 12.7. The molecule has 1 N–H and O–H groups in total. The molecular formula is C13H14ClFN2O. The number of nitrogens with one attached hydrogen (secondary N) is 1. The fourth-order valence-electron chi connectivity index (χ4n) is 2.31. The van der Waals surface area contributed by atoms with Gasteiger partial charge in [-0.1, -0.05) is 11.6 Å². The predicted molar refractivity (Wildman–Crippen MR) is 68.3 cm³/mol. The Bertz CT molecular complexity index is 490. The highest BCUT2D eigenvalue weighted by molar-refractivity contribution is 6.34. The van der Waals surface area contributed by atoms with Gasteiger partial charge in [0.15, 0.2) is 0 Å². The minimum atomic E-state index is -0.386. The maximum Gasteiger partial charge on any atom is 0.244 e. The number of nitrogens with zero attached hydrogens (tertiary/aromatic N) is 1. The van der Waals surface area contributed by atoms with E-state index in [1.165, 1.54) is 12.1 Å². The summed E-state index contributed by atoms with van der Waals surface area (Å²) in [5.74, 6) is -0.349. The summed E-state index contributed by atoms with van der Waals surface area (Å²) in [5, 5.41) is 3.61. The van der Waals surface area contributed by atoms with Crippen LogP contribution in [-0.2, 0) is 4.79 Å². The van der Waals surface area contributed by atoms with Crippen molar-refractivity contribution in [3.63, 3.8) is 0 Å². The maximum absolute atomic E-state index is 13.0. The Kier molecular flexibility index (Phi) is 2.99. The SMILES string of the molecule is O=C1C(NC2CC2)CCN1c1ccc(F)cc1Cl. The zero-order valence-corrected chi connectivity index (χ0v) is 10.6. The van der Waals surface area contributed by atoms with Gasteiger partial charge in [0, 0.05) is 12.6 Å². The first-order chi connectivity index (χ1) is 8.65. The van der Waals surface area contributed by atoms with Crippen LogP contribution in [-0.4, -0.2) is 24.5 Å². The van der Waals surface area contributed by atoms with Gasteiger partial charge >= 0.3 is 0 Å². The van der Waals surface area contributed by atoms with E-state index in [4.69, 9.17) is 11.6 Å². The van der Waals surface area contributed by atoms with Crippen molar-refractivity contribution < 1.29 is 9.18 Å². The average molecular weight is 269 g/mol. The molecule has 1 amide bonds. The smallest absolute Gasteiger partial charge is 0.244 e. The minimum absolute atomic E-state index is 0.0374. The van der Waals surface area contributed by atoms with Crippen LogP contribution in [0.2, 0.25) is 5.02 Å². The summed E-state index contributed by atoms with van der Waals surface area (Å²) >= 11 is 5.99. The van der Waals surface area contributed by atoms with E-state index in [9.17, 15) is 9.18 Å². The largest absolute Gasteiger partial charge is 0.310 e. The van der Waals surface area contributed by atoms with Crippen molar-refractivity contribution >= 4 is 23.2 Å². The Labute approximate surface area is 110 Å². The highest BCUT2D eigenvalue weighted by atomic mass is 35.5. The summed E-state index contributed by atoms with van der Waals surface area (Å²) in [6, 6.07) is 4.53. The van der Waals surface area contributed by atoms with Crippen LogP contribution in [0.15, 0.2) is 18.2 Å². The molecule has 0 spiro atoms. The van der Waals surface area contributed by atoms with Gasteiger partial charge < -0.3 is 10.2 Å². The van der Waals surface area contributed by atoms with Crippen LogP contribution in [0, 0.1) is 5.82 Å². The third-order valence-corrected chi connectivity index (χ3v) is 3.72. The summed E-state index contributed by atoms with van der Waals surface area (Å²) in [5.41, 5.74) is 0.600. The van der Waals surface area contributed by atoms with E-state index in [1.54, 1.807) is 11.0 Å². The molecular weight excluding hydrogens is 255 g/mol. The van der Waals surface area contributed by atoms with Crippen molar-refractivity contribution in [3.8, 4) is 0 Å². The fraction of sp³-hybridized carbons (Fsp3) is 0.462. The Hall–Kier alpha value is -1.13. The Balaban J connectivity index is 1.78. The van der Waals surface area contributed by atoms with E-state index in [0.29, 0.717) is 18.3 Å². The molecule has 2 fully saturated rings. The van der Waals surface area contributed by atoms with Crippen LogP contribution in [0.5, 0.6) is 0 Å². The molecule has 0 bridgehead atoms. The van der Waals surface area contributed by atoms with Gasteiger partial charge in [0.05, 0.1) is 16.8 Å². The number of benzene rings is 1. The molecule has 1 aliphatic carbocycles. The number of anilines is 1. The quantitative estimate of drug-likeness (QED) is 0.913. The van der Waals surface area contributed by atoms with Gasteiger partial charge in [-0.3, -0.25) is 4.79 Å². The van der Waals surface area contributed by atoms with Crippen LogP contribution < -0.4 is 10.2 Å². The summed E-state index contributed by atoms with van der Waals surface area (Å²) in [7, 11) is 0. The van der Waals surface area contributed by atoms with Crippen molar-refractivity contribution in [2.45, 2.75) is 31.3 Å². The first kappa shape index (κ1) is 11.9. The first-order valence-electron chi connectivity index (χ1n) is 6.17. The summed E-state index contributed by atoms with van der Waals surface area (Å²) in [6.45, 7) is 0.634. The molecule has 2 aliphatic rings. The van der Waals surface area contributed by atoms with E-state index < -0.39 is 0 Å². The molecule has 18 heavy (non-hydrogen) atoms. The third kappa shape index (κ3) is 2.22. The highest BCUT2D eigenvalue weighted by Crippen LogP contribution is 2.31. The third-order valence-electron chi connectivity index (χ3n) is 3.42. The summed E-state index contributed by atoms with van der Waals surface area (Å²) in [6.07, 6.45) is 3.09. The fourth-order valence-corrected chi connectivity index (χ4v) is 2.58. The topological polar surface area (TPSA) is 32.3 Å². The molecule has 0 radical (unpaired) electrons. The van der Waals surface area contributed by atoms with Crippen LogP contribution in [0.1, 0.15) is 19.3 Å². The lowest BCUT2D eigenvalue weighted by atomic mass is 10.2. The first-order valence-corrected chi connectivity index (χ1v) is 6.55. The van der Waals surface area contributed by atoms with Gasteiger partial charge in [-0.25, -0.2) is 4.39 Å². The standard InChI is InChI=1S/C13H14ClFN2O/c14-10-7-8(15)1-4-12(10)17-6-5-11(13(17)18)16-9-2-3-9/h1,4,7,9,11,16H,2-3,5-6H2. The summed E-state index contributed by atoms with van der Waals surface area (Å²) in [4.78, 5) is 13.9. The van der Waals surface area contributed by atoms with E-state index in [-0.39, 0.29) is 22.8 Å². The van der Waals surface area contributed by atoms with E-state index in [0.717, 1.165) is 19.3 Å². The molecule has 1 atom stereocenters. The van der Waals surface area contributed by atoms with Gasteiger partial charge in [-0.15, -0.1) is 0 Å². The predicted octanol–water partition coefficient (Wildman–Crippen LogP) is 2.34. The number of amides is 1. The zero-order valence-electron chi connectivity index (χ0n) is 9.83. The highest BCUT2D eigenvalue weighted by Gasteiger charge is 2.36. The molecule has 1 saturated carbocycles. The molecule has 96 valence electrons. The molecule has 1 aromatic carbocycles. The average Bonchev–Trinajstić information content (AvgIpc) is 3.07. The Morgan fingerprint density at radius 2 is 2.11 bits per heavy atom. The van der Waals surface area contributed by atoms with Crippen molar-refractivity contribution in [3.05, 3.63) is 29.0 Å². The normalized spacial score (nSPS) is 23.8. The molecule has 1 saturated heterocycles. The second-order valence-electron chi connectivity index (χ2n) is 4.87. The molecule has 1 unspecified atom stereocenters. The second kappa shape index (κ2) is 4.52. The minimum Gasteiger partial charge on any atom is -0.310 e. The molecule has 1 aliphatic heterocycles. The van der Waals surface area contributed by atoms with Crippen LogP contribution in [0.25, 0.3) is 0 Å². The number of carbonyl (C=O) groups excluding carboxylic acids is 1. The van der Waals surface area contributed by atoms with Gasteiger partial charge in [0.2, 0.25) is 5.91 Å². The van der Waals surface area contributed by atoms with Crippen LogP contribution in [0.3, 0.4) is 0 Å². The Morgan fingerprint density at radius 3 is 2.78 bits per heavy atom. The summed E-state index contributed by atoms with van der Waals surface area (Å²) < 4.78 is 13.0. The van der Waals surface area contributed by atoms with Gasteiger partial charge in [-0.2, -0.15) is 0 Å². The number of carbonyl (C=O) groups is 1. The number of hydrogen-bond acceptors (Lipinski definition) is 2. The van der Waals surface area contributed by atoms with E-state index in [2.05, 4.69) is 5.32 Å². The monoisotopic (exact) mass is 268 g/mol. The molecule has 0 aromatic heterocycles. The molecule has 1 heterocycles. The lowest BCUT2D eigenvalue weighted by Crippen LogP contribution is -2.39. The van der Waals surface area contributed by atoms with Crippen molar-refractivity contribution in [2.24, 2.45) is 0 Å². The van der Waals surface area contributed by atoms with Crippen molar-refractivity contribution in [1.29, 1.82) is 0 Å². The molecule has 3 nitrogen and oxygen atoms in total. The number of halogens is 2. The van der Waals surface area contributed by atoms with Gasteiger partial charge in [-0.05, 0) is 37.5 Å². The number of rotatable bonds is 3. The van der Waals surface area contributed by atoms with E-state index in [1.807, 2.05) is 0 Å². The van der Waals surface area contributed by atoms with Gasteiger partial charge in [0.25, 0.3) is 0 Å². The van der Waals surface area contributed by atoms with Crippen molar-refractivity contribution in [2.75, 3.05) is 11.4 Å². The van der Waals surface area contributed by atoms with Crippen LogP contribution in [0.4, 0.5) is 10.1 Å². The molecule has 1 aromatic rings. The van der Waals surface area contributed by atoms with Crippen molar-refractivity contribution in [1.82, 2.24) is 5.32 Å². The van der Waals surface area contributed by atoms with Crippen LogP contribution >= 0.6 is 11.6 Å². The Morgan fingerprint density at radius 1 is 1.33 bits per heavy atom. The lowest BCUT2D eigenvalue weighted by molar-refractivity contribution is -0.118. The lowest BCUT2D eigenvalue weighted by Gasteiger charge is -2.18. The van der Waals surface area contributed by atoms with Gasteiger partial charge in [0.1, 0.15) is 5.82 Å². The second-order valence-corrected chi connectivity index (χ2v) is 5.28. The molecule has 3 rings (SSSR count). The van der Waals surface area contributed by atoms with E-state index >= 15 is 0 Å².